The minimum absolute atomic E-state index is 0.196. The van der Waals surface area contributed by atoms with Gasteiger partial charge in [0.2, 0.25) is 0 Å². The van der Waals surface area contributed by atoms with Gasteiger partial charge < -0.3 is 14.2 Å². The van der Waals surface area contributed by atoms with Crippen LogP contribution in [-0.2, 0) is 13.1 Å². The zero-order valence-electron chi connectivity index (χ0n) is 17.3. The first-order valence-corrected chi connectivity index (χ1v) is 10.3. The van der Waals surface area contributed by atoms with Crippen LogP contribution in [0.2, 0.25) is 5.02 Å². The van der Waals surface area contributed by atoms with Crippen LogP contribution in [-0.4, -0.2) is 23.1 Å². The standard InChI is InChI=1S/C25H20ClFN2O3/c1-31-21-12-8-18(9-13-21)24-14-20(28-32-24)16-29(15-17-6-10-19(27)11-7-17)25(30)22-4-2-3-5-23(22)26/h2-14H,15-16H2,1H3. The Bertz CT molecular complexity index is 1210. The zero-order chi connectivity index (χ0) is 22.5. The summed E-state index contributed by atoms with van der Waals surface area (Å²) in [5, 5.41) is 4.50. The molecule has 0 radical (unpaired) electrons. The lowest BCUT2D eigenvalue weighted by molar-refractivity contribution is 0.0726. The molecule has 0 atom stereocenters. The van der Waals surface area contributed by atoms with Gasteiger partial charge in [-0.25, -0.2) is 4.39 Å². The lowest BCUT2D eigenvalue weighted by Crippen LogP contribution is -2.30. The number of amides is 1. The lowest BCUT2D eigenvalue weighted by atomic mass is 10.1. The monoisotopic (exact) mass is 450 g/mol. The SMILES string of the molecule is COc1ccc(-c2cc(CN(Cc3ccc(F)cc3)C(=O)c3ccccc3Cl)no2)cc1. The van der Waals surface area contributed by atoms with Gasteiger partial charge in [-0.15, -0.1) is 0 Å². The Labute approximate surface area is 190 Å². The molecule has 1 amide bonds. The Hall–Kier alpha value is -3.64. The molecule has 1 heterocycles. The van der Waals surface area contributed by atoms with E-state index < -0.39 is 0 Å². The maximum Gasteiger partial charge on any atom is 0.256 e. The Morgan fingerprint density at radius 3 is 2.44 bits per heavy atom. The van der Waals surface area contributed by atoms with Crippen molar-refractivity contribution in [3.05, 3.63) is 107 Å². The highest BCUT2D eigenvalue weighted by Gasteiger charge is 2.21. The first-order valence-electron chi connectivity index (χ1n) is 9.92. The summed E-state index contributed by atoms with van der Waals surface area (Å²) < 4.78 is 24.0. The van der Waals surface area contributed by atoms with Crippen LogP contribution in [0.3, 0.4) is 0 Å². The van der Waals surface area contributed by atoms with Gasteiger partial charge in [0.15, 0.2) is 5.76 Å². The smallest absolute Gasteiger partial charge is 0.256 e. The summed E-state index contributed by atoms with van der Waals surface area (Å²) in [6.07, 6.45) is 0. The van der Waals surface area contributed by atoms with Gasteiger partial charge in [0.25, 0.3) is 5.91 Å². The molecule has 7 heteroatoms. The minimum Gasteiger partial charge on any atom is -0.497 e. The summed E-state index contributed by atoms with van der Waals surface area (Å²) in [5.41, 5.74) is 2.59. The predicted molar refractivity (Wildman–Crippen MR) is 120 cm³/mol. The van der Waals surface area contributed by atoms with E-state index in [1.165, 1.54) is 12.1 Å². The molecule has 4 aromatic rings. The molecule has 5 nitrogen and oxygen atoms in total. The number of ether oxygens (including phenoxy) is 1. The van der Waals surface area contributed by atoms with Gasteiger partial charge in [-0.05, 0) is 54.1 Å². The second kappa shape index (κ2) is 9.66. The number of carbonyl (C=O) groups excluding carboxylic acids is 1. The van der Waals surface area contributed by atoms with Crippen LogP contribution < -0.4 is 4.74 Å². The number of nitrogens with zero attached hydrogens (tertiary/aromatic N) is 2. The number of carbonyl (C=O) groups is 1. The van der Waals surface area contributed by atoms with Crippen LogP contribution in [0.4, 0.5) is 4.39 Å². The number of benzene rings is 3. The highest BCUT2D eigenvalue weighted by molar-refractivity contribution is 6.33. The van der Waals surface area contributed by atoms with Crippen LogP contribution >= 0.6 is 11.6 Å². The summed E-state index contributed by atoms with van der Waals surface area (Å²) in [4.78, 5) is 14.9. The number of aromatic nitrogens is 1. The summed E-state index contributed by atoms with van der Waals surface area (Å²) >= 11 is 6.26. The molecule has 162 valence electrons. The number of hydrogen-bond donors (Lipinski definition) is 0. The summed E-state index contributed by atoms with van der Waals surface area (Å²) in [6.45, 7) is 0.455. The third-order valence-corrected chi connectivity index (χ3v) is 5.29. The number of hydrogen-bond acceptors (Lipinski definition) is 4. The molecular formula is C25H20ClFN2O3. The Balaban J connectivity index is 1.60. The summed E-state index contributed by atoms with van der Waals surface area (Å²) in [5.74, 6) is 0.728. The predicted octanol–water partition coefficient (Wildman–Crippen LogP) is 5.99. The summed E-state index contributed by atoms with van der Waals surface area (Å²) in [6, 6.07) is 22.1. The van der Waals surface area contributed by atoms with Gasteiger partial charge in [0, 0.05) is 18.2 Å². The maximum absolute atomic E-state index is 13.3. The molecule has 1 aromatic heterocycles. The van der Waals surface area contributed by atoms with Gasteiger partial charge >= 0.3 is 0 Å². The summed E-state index contributed by atoms with van der Waals surface area (Å²) in [7, 11) is 1.60. The fourth-order valence-electron chi connectivity index (χ4n) is 3.29. The van der Waals surface area contributed by atoms with E-state index in [0.717, 1.165) is 16.9 Å². The van der Waals surface area contributed by atoms with Crippen molar-refractivity contribution >= 4 is 17.5 Å². The largest absolute Gasteiger partial charge is 0.497 e. The molecule has 0 aliphatic rings. The van der Waals surface area contributed by atoms with Gasteiger partial charge in [0.05, 0.1) is 24.2 Å². The van der Waals surface area contributed by atoms with Crippen LogP contribution in [0, 0.1) is 5.82 Å². The van der Waals surface area contributed by atoms with Crippen LogP contribution in [0.5, 0.6) is 5.75 Å². The van der Waals surface area contributed by atoms with Crippen molar-refractivity contribution in [1.29, 1.82) is 0 Å². The average Bonchev–Trinajstić information content (AvgIpc) is 3.28. The van der Waals surface area contributed by atoms with Gasteiger partial charge in [0.1, 0.15) is 17.3 Å². The second-order valence-electron chi connectivity index (χ2n) is 7.18. The van der Waals surface area contributed by atoms with E-state index in [9.17, 15) is 9.18 Å². The third kappa shape index (κ3) is 4.98. The molecule has 0 saturated carbocycles. The lowest BCUT2D eigenvalue weighted by Gasteiger charge is -2.22. The van der Waals surface area contributed by atoms with E-state index in [1.54, 1.807) is 54.5 Å². The number of halogens is 2. The topological polar surface area (TPSA) is 55.6 Å². The molecule has 0 saturated heterocycles. The fourth-order valence-corrected chi connectivity index (χ4v) is 3.50. The molecule has 3 aromatic carbocycles. The van der Waals surface area contributed by atoms with Gasteiger partial charge in [-0.2, -0.15) is 0 Å². The molecule has 0 bridgehead atoms. The maximum atomic E-state index is 13.3. The molecular weight excluding hydrogens is 431 g/mol. The van der Waals surface area contributed by atoms with Gasteiger partial charge in [-0.1, -0.05) is 41.0 Å². The van der Waals surface area contributed by atoms with Gasteiger partial charge in [-0.3, -0.25) is 4.79 Å². The van der Waals surface area contributed by atoms with Crippen molar-refractivity contribution in [2.24, 2.45) is 0 Å². The highest BCUT2D eigenvalue weighted by Crippen LogP contribution is 2.25. The number of methoxy groups -OCH3 is 1. The van der Waals surface area contributed by atoms with Crippen molar-refractivity contribution in [2.75, 3.05) is 7.11 Å². The molecule has 0 fully saturated rings. The molecule has 32 heavy (non-hydrogen) atoms. The van der Waals surface area contributed by atoms with E-state index in [-0.39, 0.29) is 24.8 Å². The average molecular weight is 451 g/mol. The van der Waals surface area contributed by atoms with E-state index in [1.807, 2.05) is 24.3 Å². The first kappa shape index (κ1) is 21.6. The van der Waals surface area contributed by atoms with Crippen molar-refractivity contribution in [3.63, 3.8) is 0 Å². The molecule has 4 rings (SSSR count). The van der Waals surface area contributed by atoms with Crippen LogP contribution in [0.25, 0.3) is 11.3 Å². The van der Waals surface area contributed by atoms with Crippen molar-refractivity contribution < 1.29 is 18.4 Å². The van der Waals surface area contributed by atoms with Crippen LogP contribution in [0.15, 0.2) is 83.4 Å². The third-order valence-electron chi connectivity index (χ3n) is 4.96. The Morgan fingerprint density at radius 1 is 1.03 bits per heavy atom. The molecule has 0 unspecified atom stereocenters. The zero-order valence-corrected chi connectivity index (χ0v) is 18.1. The van der Waals surface area contributed by atoms with Crippen molar-refractivity contribution in [3.8, 4) is 17.1 Å². The Kier molecular flexibility index (Phi) is 6.52. The minimum atomic E-state index is -0.335. The molecule has 0 spiro atoms. The van der Waals surface area contributed by atoms with Crippen molar-refractivity contribution in [1.82, 2.24) is 10.1 Å². The van der Waals surface area contributed by atoms with E-state index in [4.69, 9.17) is 20.9 Å². The molecule has 0 aliphatic heterocycles. The number of rotatable bonds is 7. The fraction of sp³-hybridized carbons (Fsp3) is 0.120. The van der Waals surface area contributed by atoms with Crippen LogP contribution in [0.1, 0.15) is 21.6 Å². The molecule has 0 N–H and O–H groups in total. The van der Waals surface area contributed by atoms with Crippen molar-refractivity contribution in [2.45, 2.75) is 13.1 Å². The molecule has 0 aliphatic carbocycles. The quantitative estimate of drug-likeness (QED) is 0.347. The normalized spacial score (nSPS) is 10.7. The highest BCUT2D eigenvalue weighted by atomic mass is 35.5. The second-order valence-corrected chi connectivity index (χ2v) is 7.59. The Morgan fingerprint density at radius 2 is 1.75 bits per heavy atom. The van der Waals surface area contributed by atoms with E-state index in [2.05, 4.69) is 5.16 Å². The first-order chi connectivity index (χ1) is 15.5. The van der Waals surface area contributed by atoms with E-state index in [0.29, 0.717) is 22.0 Å². The van der Waals surface area contributed by atoms with E-state index >= 15 is 0 Å².